The fraction of sp³-hybridized carbons (Fsp3) is 0.550. The van der Waals surface area contributed by atoms with Crippen LogP contribution in [0.5, 0.6) is 0 Å². The molecule has 0 aliphatic carbocycles. The second-order valence-corrected chi connectivity index (χ2v) is 7.24. The quantitative estimate of drug-likeness (QED) is 0.769. The number of likely N-dealkylation sites (tertiary alicyclic amines) is 1. The summed E-state index contributed by atoms with van der Waals surface area (Å²) < 4.78 is 0. The molecule has 26 heavy (non-hydrogen) atoms. The van der Waals surface area contributed by atoms with E-state index < -0.39 is 11.8 Å². The number of piperazine rings is 1. The van der Waals surface area contributed by atoms with E-state index in [1.807, 2.05) is 36.1 Å². The number of hydrogen-bond acceptors (Lipinski definition) is 3. The molecule has 1 aromatic carbocycles. The molecule has 0 atom stereocenters. The first-order chi connectivity index (χ1) is 12.5. The number of amides is 3. The molecule has 0 N–H and O–H groups in total. The molecule has 0 saturated carbocycles. The van der Waals surface area contributed by atoms with Crippen LogP contribution < -0.4 is 0 Å². The minimum Gasteiger partial charge on any atom is -0.341 e. The van der Waals surface area contributed by atoms with Crippen LogP contribution in [0, 0.1) is 6.92 Å². The number of aryl methyl sites for hydroxylation is 1. The molecule has 1 aromatic rings. The first kappa shape index (κ1) is 18.4. The average Bonchev–Trinajstić information content (AvgIpc) is 2.91. The van der Waals surface area contributed by atoms with E-state index in [-0.39, 0.29) is 12.5 Å². The monoisotopic (exact) mass is 357 g/mol. The van der Waals surface area contributed by atoms with Gasteiger partial charge in [0.25, 0.3) is 0 Å². The lowest BCUT2D eigenvalue weighted by Crippen LogP contribution is -2.56. The molecule has 0 spiro atoms. The maximum Gasteiger partial charge on any atom is 0.312 e. The predicted octanol–water partition coefficient (Wildman–Crippen LogP) is 1.57. The van der Waals surface area contributed by atoms with Crippen molar-refractivity contribution in [1.82, 2.24) is 14.7 Å². The Morgan fingerprint density at radius 2 is 1.58 bits per heavy atom. The number of carbonyl (C=O) groups is 3. The Hall–Kier alpha value is -2.37. The Balaban J connectivity index is 1.57. The van der Waals surface area contributed by atoms with Gasteiger partial charge in [-0.3, -0.25) is 14.4 Å². The van der Waals surface area contributed by atoms with Gasteiger partial charge in [-0.25, -0.2) is 0 Å². The van der Waals surface area contributed by atoms with E-state index in [0.29, 0.717) is 19.6 Å². The van der Waals surface area contributed by atoms with Crippen molar-refractivity contribution in [2.24, 2.45) is 0 Å². The SMILES string of the molecule is Cc1cccc(CN2CCN(CC(=O)N3CCCCCC3)C(=O)C2=O)c1. The van der Waals surface area contributed by atoms with E-state index in [2.05, 4.69) is 0 Å². The summed E-state index contributed by atoms with van der Waals surface area (Å²) in [6, 6.07) is 7.93. The Morgan fingerprint density at radius 3 is 2.27 bits per heavy atom. The standard InChI is InChI=1S/C20H27N3O3/c1-16-7-6-8-17(13-16)14-22-11-12-23(20(26)19(22)25)15-18(24)21-9-4-2-3-5-10-21/h6-8,13H,2-5,9-12,14-15H2,1H3. The van der Waals surface area contributed by atoms with Gasteiger partial charge in [0.05, 0.1) is 0 Å². The van der Waals surface area contributed by atoms with Gasteiger partial charge >= 0.3 is 11.8 Å². The first-order valence-corrected chi connectivity index (χ1v) is 9.46. The van der Waals surface area contributed by atoms with Crippen molar-refractivity contribution < 1.29 is 14.4 Å². The van der Waals surface area contributed by atoms with Crippen molar-refractivity contribution in [3.05, 3.63) is 35.4 Å². The van der Waals surface area contributed by atoms with Crippen LogP contribution in [0.3, 0.4) is 0 Å². The molecule has 6 nitrogen and oxygen atoms in total. The summed E-state index contributed by atoms with van der Waals surface area (Å²) in [7, 11) is 0. The third kappa shape index (κ3) is 4.42. The van der Waals surface area contributed by atoms with Crippen molar-refractivity contribution in [3.8, 4) is 0 Å². The van der Waals surface area contributed by atoms with Crippen LogP contribution in [0.4, 0.5) is 0 Å². The Morgan fingerprint density at radius 1 is 0.923 bits per heavy atom. The van der Waals surface area contributed by atoms with E-state index in [9.17, 15) is 14.4 Å². The minimum atomic E-state index is -0.563. The van der Waals surface area contributed by atoms with Crippen LogP contribution in [0.15, 0.2) is 24.3 Å². The predicted molar refractivity (Wildman–Crippen MR) is 98.2 cm³/mol. The Bertz CT molecular complexity index is 681. The summed E-state index contributed by atoms with van der Waals surface area (Å²) in [6.07, 6.45) is 4.34. The van der Waals surface area contributed by atoms with Gasteiger partial charge in [-0.15, -0.1) is 0 Å². The zero-order valence-corrected chi connectivity index (χ0v) is 15.4. The summed E-state index contributed by atoms with van der Waals surface area (Å²) >= 11 is 0. The topological polar surface area (TPSA) is 60.9 Å². The molecule has 2 aliphatic rings. The maximum atomic E-state index is 12.5. The molecule has 3 amide bonds. The van der Waals surface area contributed by atoms with Crippen LogP contribution in [-0.2, 0) is 20.9 Å². The van der Waals surface area contributed by atoms with Crippen LogP contribution >= 0.6 is 0 Å². The summed E-state index contributed by atoms with van der Waals surface area (Å²) in [4.78, 5) is 42.2. The summed E-state index contributed by atoms with van der Waals surface area (Å²) in [5.41, 5.74) is 2.14. The molecular formula is C20H27N3O3. The van der Waals surface area contributed by atoms with Gasteiger partial charge in [0.2, 0.25) is 5.91 Å². The number of benzene rings is 1. The van der Waals surface area contributed by atoms with Gasteiger partial charge in [-0.1, -0.05) is 42.7 Å². The molecule has 2 heterocycles. The Labute approximate surface area is 154 Å². The highest BCUT2D eigenvalue weighted by molar-refractivity contribution is 6.35. The van der Waals surface area contributed by atoms with E-state index in [0.717, 1.165) is 49.9 Å². The smallest absolute Gasteiger partial charge is 0.312 e. The highest BCUT2D eigenvalue weighted by atomic mass is 16.2. The highest BCUT2D eigenvalue weighted by Crippen LogP contribution is 2.14. The van der Waals surface area contributed by atoms with E-state index in [1.165, 1.54) is 4.90 Å². The van der Waals surface area contributed by atoms with Crippen LogP contribution in [0.2, 0.25) is 0 Å². The molecule has 0 unspecified atom stereocenters. The van der Waals surface area contributed by atoms with E-state index >= 15 is 0 Å². The van der Waals surface area contributed by atoms with Gasteiger partial charge in [-0.2, -0.15) is 0 Å². The van der Waals surface area contributed by atoms with Crippen molar-refractivity contribution in [3.63, 3.8) is 0 Å². The van der Waals surface area contributed by atoms with Crippen LogP contribution in [-0.4, -0.2) is 65.1 Å². The fourth-order valence-electron chi connectivity index (χ4n) is 3.63. The minimum absolute atomic E-state index is 0.0167. The lowest BCUT2D eigenvalue weighted by molar-refractivity contribution is -0.158. The summed E-state index contributed by atoms with van der Waals surface area (Å²) in [5, 5.41) is 0. The molecule has 2 saturated heterocycles. The number of nitrogens with zero attached hydrogens (tertiary/aromatic N) is 3. The fourth-order valence-corrected chi connectivity index (χ4v) is 3.63. The lowest BCUT2D eigenvalue weighted by atomic mass is 10.1. The largest absolute Gasteiger partial charge is 0.341 e. The van der Waals surface area contributed by atoms with E-state index in [1.54, 1.807) is 4.90 Å². The van der Waals surface area contributed by atoms with Crippen molar-refractivity contribution in [2.45, 2.75) is 39.2 Å². The van der Waals surface area contributed by atoms with Gasteiger partial charge < -0.3 is 14.7 Å². The van der Waals surface area contributed by atoms with Gasteiger partial charge in [-0.05, 0) is 25.3 Å². The third-order valence-electron chi connectivity index (χ3n) is 5.14. The molecule has 3 rings (SSSR count). The molecule has 140 valence electrons. The first-order valence-electron chi connectivity index (χ1n) is 9.46. The highest BCUT2D eigenvalue weighted by Gasteiger charge is 2.34. The number of carbonyl (C=O) groups excluding carboxylic acids is 3. The van der Waals surface area contributed by atoms with E-state index in [4.69, 9.17) is 0 Å². The summed E-state index contributed by atoms with van der Waals surface area (Å²) in [6.45, 7) is 4.84. The molecular weight excluding hydrogens is 330 g/mol. The second kappa shape index (κ2) is 8.34. The van der Waals surface area contributed by atoms with Crippen molar-refractivity contribution in [1.29, 1.82) is 0 Å². The zero-order valence-electron chi connectivity index (χ0n) is 15.4. The molecule has 2 fully saturated rings. The summed E-state index contributed by atoms with van der Waals surface area (Å²) in [5.74, 6) is -1.12. The normalized spacial score (nSPS) is 18.9. The van der Waals surface area contributed by atoms with Gasteiger partial charge in [0, 0.05) is 32.7 Å². The Kier molecular flexibility index (Phi) is 5.91. The number of rotatable bonds is 4. The van der Waals surface area contributed by atoms with Crippen molar-refractivity contribution >= 4 is 17.7 Å². The van der Waals surface area contributed by atoms with Crippen LogP contribution in [0.1, 0.15) is 36.8 Å². The third-order valence-corrected chi connectivity index (χ3v) is 5.14. The number of hydrogen-bond donors (Lipinski definition) is 0. The lowest BCUT2D eigenvalue weighted by Gasteiger charge is -2.34. The molecule has 0 radical (unpaired) electrons. The van der Waals surface area contributed by atoms with Crippen molar-refractivity contribution in [2.75, 3.05) is 32.7 Å². The molecule has 0 aromatic heterocycles. The molecule has 6 heteroatoms. The van der Waals surface area contributed by atoms with Gasteiger partial charge in [0.1, 0.15) is 6.54 Å². The second-order valence-electron chi connectivity index (χ2n) is 7.24. The maximum absolute atomic E-state index is 12.5. The molecule has 0 bridgehead atoms. The van der Waals surface area contributed by atoms with Crippen LogP contribution in [0.25, 0.3) is 0 Å². The zero-order chi connectivity index (χ0) is 18.5. The average molecular weight is 357 g/mol. The van der Waals surface area contributed by atoms with Gasteiger partial charge in [0.15, 0.2) is 0 Å². The molecule has 2 aliphatic heterocycles.